The Morgan fingerprint density at radius 1 is 1.47 bits per heavy atom. The Labute approximate surface area is 114 Å². The normalized spacial score (nSPS) is 20.2. The molecule has 1 amide bonds. The fourth-order valence-corrected chi connectivity index (χ4v) is 2.38. The zero-order valence-corrected chi connectivity index (χ0v) is 11.1. The number of nitrogens with zero attached hydrogens (tertiary/aromatic N) is 2. The molecule has 0 radical (unpaired) electrons. The second-order valence-electron chi connectivity index (χ2n) is 4.56. The van der Waals surface area contributed by atoms with Crippen LogP contribution in [0.15, 0.2) is 12.1 Å². The Hall–Kier alpha value is -1.24. The lowest BCUT2D eigenvalue weighted by Crippen LogP contribution is -2.26. The van der Waals surface area contributed by atoms with Crippen LogP contribution in [0.2, 0.25) is 0 Å². The summed E-state index contributed by atoms with van der Waals surface area (Å²) in [5, 5.41) is 0. The van der Waals surface area contributed by atoms with Crippen molar-refractivity contribution >= 4 is 24.2 Å². The van der Waals surface area contributed by atoms with E-state index in [4.69, 9.17) is 0 Å². The number of carbonyl (C=O) groups excluding carboxylic acids is 1. The Bertz CT molecular complexity index is 504. The molecule has 1 unspecified atom stereocenters. The lowest BCUT2D eigenvalue weighted by molar-refractivity contribution is -0.141. The van der Waals surface area contributed by atoms with Crippen molar-refractivity contribution in [3.63, 3.8) is 0 Å². The first-order valence-corrected chi connectivity index (χ1v) is 6.42. The second kappa shape index (κ2) is 5.03. The summed E-state index contributed by atoms with van der Waals surface area (Å²) in [4.78, 5) is 16.8. The van der Waals surface area contributed by atoms with Crippen LogP contribution in [0.25, 0.3) is 0 Å². The van der Waals surface area contributed by atoms with E-state index in [-0.39, 0.29) is 17.5 Å². The number of pyridine rings is 1. The van der Waals surface area contributed by atoms with Crippen molar-refractivity contribution in [3.8, 4) is 0 Å². The van der Waals surface area contributed by atoms with E-state index in [9.17, 15) is 18.0 Å². The molecule has 1 aliphatic heterocycles. The van der Waals surface area contributed by atoms with E-state index in [1.165, 1.54) is 17.9 Å². The van der Waals surface area contributed by atoms with Crippen molar-refractivity contribution in [1.29, 1.82) is 0 Å². The Morgan fingerprint density at radius 3 is 2.63 bits per heavy atom. The molecular formula is C12H13F3N2OS. The Kier molecular flexibility index (Phi) is 3.75. The van der Waals surface area contributed by atoms with Crippen LogP contribution in [0.3, 0.4) is 0 Å². The van der Waals surface area contributed by atoms with Gasteiger partial charge in [0, 0.05) is 13.0 Å². The molecule has 1 aromatic rings. The Morgan fingerprint density at radius 2 is 2.16 bits per heavy atom. The van der Waals surface area contributed by atoms with Crippen LogP contribution < -0.4 is 4.90 Å². The first-order chi connectivity index (χ1) is 8.82. The number of thiol groups is 1. The van der Waals surface area contributed by atoms with Gasteiger partial charge in [0.05, 0.1) is 11.4 Å². The van der Waals surface area contributed by atoms with Crippen molar-refractivity contribution in [2.45, 2.75) is 19.5 Å². The van der Waals surface area contributed by atoms with Crippen LogP contribution in [0, 0.1) is 12.8 Å². The molecule has 0 spiro atoms. The number of amides is 1. The number of aryl methyl sites for hydroxylation is 1. The lowest BCUT2D eigenvalue weighted by atomic mass is 10.1. The van der Waals surface area contributed by atoms with Gasteiger partial charge in [-0.15, -0.1) is 0 Å². The van der Waals surface area contributed by atoms with Crippen LogP contribution in [-0.2, 0) is 11.0 Å². The van der Waals surface area contributed by atoms with E-state index in [0.29, 0.717) is 24.4 Å². The third-order valence-corrected chi connectivity index (χ3v) is 3.62. The molecule has 19 heavy (non-hydrogen) atoms. The van der Waals surface area contributed by atoms with E-state index < -0.39 is 11.9 Å². The number of hydrogen-bond donors (Lipinski definition) is 1. The molecule has 0 aromatic carbocycles. The van der Waals surface area contributed by atoms with Gasteiger partial charge in [-0.05, 0) is 30.7 Å². The molecule has 1 atom stereocenters. The van der Waals surface area contributed by atoms with E-state index in [2.05, 4.69) is 17.6 Å². The fraction of sp³-hybridized carbons (Fsp3) is 0.500. The summed E-state index contributed by atoms with van der Waals surface area (Å²) in [5.41, 5.74) is -0.281. The van der Waals surface area contributed by atoms with Crippen molar-refractivity contribution in [3.05, 3.63) is 23.5 Å². The second-order valence-corrected chi connectivity index (χ2v) is 4.92. The van der Waals surface area contributed by atoms with Gasteiger partial charge in [-0.1, -0.05) is 0 Å². The van der Waals surface area contributed by atoms with Gasteiger partial charge in [0.25, 0.3) is 0 Å². The molecule has 1 fully saturated rings. The minimum Gasteiger partial charge on any atom is -0.310 e. The summed E-state index contributed by atoms with van der Waals surface area (Å²) in [6.45, 7) is 1.96. The summed E-state index contributed by atoms with van der Waals surface area (Å²) in [5.74, 6) is 0.622. The maximum atomic E-state index is 12.5. The number of hydrogen-bond acceptors (Lipinski definition) is 3. The predicted octanol–water partition coefficient (Wildman–Crippen LogP) is 2.69. The summed E-state index contributed by atoms with van der Waals surface area (Å²) < 4.78 is 37.6. The predicted molar refractivity (Wildman–Crippen MR) is 68.3 cm³/mol. The van der Waals surface area contributed by atoms with E-state index in [1.807, 2.05) is 0 Å². The van der Waals surface area contributed by atoms with Crippen molar-refractivity contribution in [1.82, 2.24) is 4.98 Å². The molecule has 2 heterocycles. The first kappa shape index (κ1) is 14.2. The van der Waals surface area contributed by atoms with E-state index >= 15 is 0 Å². The molecule has 3 nitrogen and oxygen atoms in total. The van der Waals surface area contributed by atoms with Crippen LogP contribution >= 0.6 is 12.6 Å². The van der Waals surface area contributed by atoms with Crippen molar-refractivity contribution in [2.75, 3.05) is 17.2 Å². The number of anilines is 1. The number of carbonyl (C=O) groups is 1. The highest BCUT2D eigenvalue weighted by Crippen LogP contribution is 2.32. The first-order valence-electron chi connectivity index (χ1n) is 5.79. The average molecular weight is 290 g/mol. The molecule has 1 saturated heterocycles. The van der Waals surface area contributed by atoms with Crippen LogP contribution in [0.5, 0.6) is 0 Å². The van der Waals surface area contributed by atoms with Gasteiger partial charge in [-0.25, -0.2) is 4.98 Å². The highest BCUT2D eigenvalue weighted by atomic mass is 32.1. The van der Waals surface area contributed by atoms with Crippen LogP contribution in [-0.4, -0.2) is 23.2 Å². The maximum Gasteiger partial charge on any atom is 0.433 e. The van der Waals surface area contributed by atoms with Gasteiger partial charge in [0.15, 0.2) is 0 Å². The zero-order chi connectivity index (χ0) is 14.2. The number of alkyl halides is 3. The largest absolute Gasteiger partial charge is 0.433 e. The highest BCUT2D eigenvalue weighted by molar-refractivity contribution is 7.80. The SMILES string of the molecule is Cc1nc(C(F)(F)F)ccc1N1CC(CS)CC1=O. The average Bonchev–Trinajstić information content (AvgIpc) is 2.69. The van der Waals surface area contributed by atoms with Crippen LogP contribution in [0.4, 0.5) is 18.9 Å². The van der Waals surface area contributed by atoms with Crippen molar-refractivity contribution in [2.24, 2.45) is 5.92 Å². The number of rotatable bonds is 2. The number of aromatic nitrogens is 1. The summed E-state index contributed by atoms with van der Waals surface area (Å²) in [6.07, 6.45) is -4.09. The molecule has 0 N–H and O–H groups in total. The summed E-state index contributed by atoms with van der Waals surface area (Å²) in [6, 6.07) is 2.22. The minimum atomic E-state index is -4.47. The van der Waals surface area contributed by atoms with Gasteiger partial charge in [0.2, 0.25) is 5.91 Å². The van der Waals surface area contributed by atoms with Gasteiger partial charge < -0.3 is 4.90 Å². The van der Waals surface area contributed by atoms with Gasteiger partial charge in [-0.2, -0.15) is 25.8 Å². The number of halogens is 3. The van der Waals surface area contributed by atoms with E-state index in [0.717, 1.165) is 6.07 Å². The molecule has 1 aliphatic rings. The lowest BCUT2D eigenvalue weighted by Gasteiger charge is -2.19. The summed E-state index contributed by atoms with van der Waals surface area (Å²) >= 11 is 4.15. The molecule has 0 aliphatic carbocycles. The summed E-state index contributed by atoms with van der Waals surface area (Å²) in [7, 11) is 0. The highest BCUT2D eigenvalue weighted by Gasteiger charge is 2.35. The molecule has 7 heteroatoms. The third-order valence-electron chi connectivity index (χ3n) is 3.10. The molecule has 0 bridgehead atoms. The molecule has 1 aromatic heterocycles. The van der Waals surface area contributed by atoms with Gasteiger partial charge in [0.1, 0.15) is 5.69 Å². The third kappa shape index (κ3) is 2.86. The monoisotopic (exact) mass is 290 g/mol. The van der Waals surface area contributed by atoms with Crippen LogP contribution in [0.1, 0.15) is 17.8 Å². The minimum absolute atomic E-state index is 0.0938. The maximum absolute atomic E-state index is 12.5. The van der Waals surface area contributed by atoms with Gasteiger partial charge in [-0.3, -0.25) is 4.79 Å². The topological polar surface area (TPSA) is 33.2 Å². The Balaban J connectivity index is 2.30. The quantitative estimate of drug-likeness (QED) is 0.850. The van der Waals surface area contributed by atoms with Gasteiger partial charge >= 0.3 is 6.18 Å². The standard InChI is InChI=1S/C12H13F3N2OS/c1-7-9(2-3-10(16-7)12(13,14)15)17-5-8(6-19)4-11(17)18/h2-3,8,19H,4-6H2,1H3. The smallest absolute Gasteiger partial charge is 0.310 e. The molecule has 2 rings (SSSR count). The van der Waals surface area contributed by atoms with E-state index in [1.54, 1.807) is 0 Å². The fourth-order valence-electron chi connectivity index (χ4n) is 2.13. The van der Waals surface area contributed by atoms with Crippen molar-refractivity contribution < 1.29 is 18.0 Å². The molecule has 104 valence electrons. The molecular weight excluding hydrogens is 277 g/mol. The molecule has 0 saturated carbocycles. The zero-order valence-electron chi connectivity index (χ0n) is 10.2.